The lowest BCUT2D eigenvalue weighted by Gasteiger charge is -2.24. The Labute approximate surface area is 146 Å². The summed E-state index contributed by atoms with van der Waals surface area (Å²) in [5.41, 5.74) is 1.13. The molecule has 1 atom stereocenters. The average molecular weight is 344 g/mol. The maximum atomic E-state index is 12.6. The van der Waals surface area contributed by atoms with E-state index in [0.29, 0.717) is 24.3 Å². The molecule has 1 amide bonds. The number of amides is 1. The summed E-state index contributed by atoms with van der Waals surface area (Å²) in [6, 6.07) is 2.02. The van der Waals surface area contributed by atoms with Gasteiger partial charge in [-0.15, -0.1) is 0 Å². The van der Waals surface area contributed by atoms with Crippen molar-refractivity contribution in [3.05, 3.63) is 29.7 Å². The van der Waals surface area contributed by atoms with Crippen LogP contribution in [0, 0.1) is 0 Å². The van der Waals surface area contributed by atoms with Crippen molar-refractivity contribution in [1.82, 2.24) is 30.1 Å². The highest BCUT2D eigenvalue weighted by atomic mass is 16.5. The molecular formula is C17H24N6O2. The average Bonchev–Trinajstić information content (AvgIpc) is 3.20. The number of nitrogens with one attached hydrogen (secondary N) is 1. The maximum Gasteiger partial charge on any atom is 0.246 e. The van der Waals surface area contributed by atoms with E-state index in [9.17, 15) is 4.79 Å². The molecule has 0 bridgehead atoms. The third-order valence-electron chi connectivity index (χ3n) is 4.97. The summed E-state index contributed by atoms with van der Waals surface area (Å²) in [5.74, 6) is 2.13. The second-order valence-corrected chi connectivity index (χ2v) is 7.03. The van der Waals surface area contributed by atoms with Crippen LogP contribution >= 0.6 is 0 Å². The van der Waals surface area contributed by atoms with Crippen LogP contribution in [-0.2, 0) is 17.9 Å². The number of aromatic nitrogens is 4. The molecule has 8 nitrogen and oxygen atoms in total. The van der Waals surface area contributed by atoms with Crippen molar-refractivity contribution in [2.75, 3.05) is 20.1 Å². The van der Waals surface area contributed by atoms with Crippen molar-refractivity contribution >= 4 is 5.91 Å². The first kappa shape index (κ1) is 16.3. The van der Waals surface area contributed by atoms with Crippen LogP contribution in [0.15, 0.2) is 16.8 Å². The van der Waals surface area contributed by atoms with E-state index in [1.807, 2.05) is 10.7 Å². The van der Waals surface area contributed by atoms with Crippen LogP contribution in [0.1, 0.15) is 54.9 Å². The third kappa shape index (κ3) is 3.73. The van der Waals surface area contributed by atoms with Gasteiger partial charge in [-0.1, -0.05) is 5.16 Å². The van der Waals surface area contributed by atoms with Gasteiger partial charge in [0.1, 0.15) is 6.54 Å². The van der Waals surface area contributed by atoms with Crippen LogP contribution < -0.4 is 5.32 Å². The molecule has 1 aliphatic heterocycles. The molecule has 1 saturated carbocycles. The summed E-state index contributed by atoms with van der Waals surface area (Å²) in [6.07, 6.45) is 6.33. The lowest BCUT2D eigenvalue weighted by Crippen LogP contribution is -2.33. The molecule has 0 radical (unpaired) electrons. The lowest BCUT2D eigenvalue weighted by molar-refractivity contribution is -0.131. The summed E-state index contributed by atoms with van der Waals surface area (Å²) < 4.78 is 7.07. The summed E-state index contributed by atoms with van der Waals surface area (Å²) >= 11 is 0. The molecule has 25 heavy (non-hydrogen) atoms. The SMILES string of the molecule is CN(Cc1nc(C2CC2)no1)C(=O)Cn1nccc1[C@@H]1CCCNC1. The number of rotatable bonds is 6. The van der Waals surface area contributed by atoms with Gasteiger partial charge in [-0.05, 0) is 38.3 Å². The Balaban J connectivity index is 1.36. The van der Waals surface area contributed by atoms with Crippen molar-refractivity contribution in [2.24, 2.45) is 0 Å². The van der Waals surface area contributed by atoms with E-state index >= 15 is 0 Å². The normalized spacial score (nSPS) is 20.6. The number of carbonyl (C=O) groups is 1. The van der Waals surface area contributed by atoms with Crippen LogP contribution in [0.2, 0.25) is 0 Å². The van der Waals surface area contributed by atoms with Gasteiger partial charge in [-0.25, -0.2) is 0 Å². The number of likely N-dealkylation sites (N-methyl/N-ethyl adjacent to an activating group) is 1. The highest BCUT2D eigenvalue weighted by Crippen LogP contribution is 2.38. The largest absolute Gasteiger partial charge is 0.337 e. The van der Waals surface area contributed by atoms with E-state index in [4.69, 9.17) is 4.52 Å². The van der Waals surface area contributed by atoms with Gasteiger partial charge in [-0.2, -0.15) is 10.1 Å². The molecule has 1 aliphatic carbocycles. The zero-order chi connectivity index (χ0) is 17.2. The summed E-state index contributed by atoms with van der Waals surface area (Å²) in [7, 11) is 1.76. The standard InChI is InChI=1S/C17H24N6O2/c1-22(10-15-20-17(21-25-15)12-4-5-12)16(24)11-23-14(6-8-19-23)13-3-2-7-18-9-13/h6,8,12-13,18H,2-5,7,9-11H2,1H3/t13-/m1/s1. The first-order chi connectivity index (χ1) is 12.2. The van der Waals surface area contributed by atoms with Crippen molar-refractivity contribution in [3.63, 3.8) is 0 Å². The first-order valence-corrected chi connectivity index (χ1v) is 8.99. The van der Waals surface area contributed by atoms with Gasteiger partial charge in [0.25, 0.3) is 0 Å². The van der Waals surface area contributed by atoms with E-state index in [-0.39, 0.29) is 12.5 Å². The van der Waals surface area contributed by atoms with Gasteiger partial charge in [0.15, 0.2) is 5.82 Å². The van der Waals surface area contributed by atoms with Crippen molar-refractivity contribution in [1.29, 1.82) is 0 Å². The molecule has 2 aromatic rings. The number of hydrogen-bond acceptors (Lipinski definition) is 6. The Morgan fingerprint density at radius 2 is 2.28 bits per heavy atom. The summed E-state index contributed by atoms with van der Waals surface area (Å²) in [5, 5.41) is 11.8. The highest BCUT2D eigenvalue weighted by Gasteiger charge is 2.29. The van der Waals surface area contributed by atoms with Crippen LogP contribution in [-0.4, -0.2) is 50.9 Å². The molecule has 2 fully saturated rings. The summed E-state index contributed by atoms with van der Waals surface area (Å²) in [6.45, 7) is 2.58. The molecule has 4 rings (SSSR count). The van der Waals surface area contributed by atoms with Crippen molar-refractivity contribution < 1.29 is 9.32 Å². The predicted octanol–water partition coefficient (Wildman–Crippen LogP) is 1.27. The Morgan fingerprint density at radius 3 is 3.04 bits per heavy atom. The van der Waals surface area contributed by atoms with Crippen LogP contribution in [0.4, 0.5) is 0 Å². The van der Waals surface area contributed by atoms with E-state index in [1.54, 1.807) is 18.1 Å². The topological polar surface area (TPSA) is 89.1 Å². The highest BCUT2D eigenvalue weighted by molar-refractivity contribution is 5.75. The van der Waals surface area contributed by atoms with Crippen molar-refractivity contribution in [3.8, 4) is 0 Å². The second kappa shape index (κ2) is 6.95. The molecule has 1 N–H and O–H groups in total. The van der Waals surface area contributed by atoms with E-state index in [2.05, 4.69) is 20.6 Å². The smallest absolute Gasteiger partial charge is 0.246 e. The molecule has 134 valence electrons. The Bertz CT molecular complexity index is 729. The number of carbonyl (C=O) groups excluding carboxylic acids is 1. The molecule has 2 aromatic heterocycles. The van der Waals surface area contributed by atoms with E-state index < -0.39 is 0 Å². The van der Waals surface area contributed by atoms with Gasteiger partial charge in [0.2, 0.25) is 11.8 Å². The molecule has 3 heterocycles. The molecule has 0 unspecified atom stereocenters. The summed E-state index contributed by atoms with van der Waals surface area (Å²) in [4.78, 5) is 18.6. The third-order valence-corrected chi connectivity index (χ3v) is 4.97. The maximum absolute atomic E-state index is 12.6. The molecule has 2 aliphatic rings. The van der Waals surface area contributed by atoms with Crippen LogP contribution in [0.25, 0.3) is 0 Å². The van der Waals surface area contributed by atoms with Crippen molar-refractivity contribution in [2.45, 2.75) is 50.6 Å². The monoisotopic (exact) mass is 344 g/mol. The molecular weight excluding hydrogens is 320 g/mol. The molecule has 0 spiro atoms. The second-order valence-electron chi connectivity index (χ2n) is 7.03. The lowest BCUT2D eigenvalue weighted by atomic mass is 9.96. The fraction of sp³-hybridized carbons (Fsp3) is 0.647. The minimum Gasteiger partial charge on any atom is -0.337 e. The van der Waals surface area contributed by atoms with Gasteiger partial charge in [0, 0.05) is 37.3 Å². The Hall–Kier alpha value is -2.22. The Kier molecular flexibility index (Phi) is 4.52. The number of hydrogen-bond donors (Lipinski definition) is 1. The molecule has 8 heteroatoms. The van der Waals surface area contributed by atoms with Gasteiger partial charge >= 0.3 is 0 Å². The predicted molar refractivity (Wildman–Crippen MR) is 89.8 cm³/mol. The molecule has 0 aromatic carbocycles. The quantitative estimate of drug-likeness (QED) is 0.849. The molecule has 1 saturated heterocycles. The van der Waals surface area contributed by atoms with Gasteiger partial charge < -0.3 is 14.7 Å². The number of nitrogens with zero attached hydrogens (tertiary/aromatic N) is 5. The number of piperidine rings is 1. The fourth-order valence-corrected chi connectivity index (χ4v) is 3.31. The van der Waals surface area contributed by atoms with E-state index in [0.717, 1.165) is 50.3 Å². The van der Waals surface area contributed by atoms with Gasteiger partial charge in [-0.3, -0.25) is 9.48 Å². The zero-order valence-corrected chi connectivity index (χ0v) is 14.5. The Morgan fingerprint density at radius 1 is 1.40 bits per heavy atom. The van der Waals surface area contributed by atoms with E-state index in [1.165, 1.54) is 0 Å². The minimum absolute atomic E-state index is 0.0140. The van der Waals surface area contributed by atoms with Gasteiger partial charge in [0.05, 0.1) is 6.54 Å². The van der Waals surface area contributed by atoms with Crippen LogP contribution in [0.3, 0.4) is 0 Å². The van der Waals surface area contributed by atoms with Crippen LogP contribution in [0.5, 0.6) is 0 Å². The minimum atomic E-state index is -0.0140. The zero-order valence-electron chi connectivity index (χ0n) is 14.5. The first-order valence-electron chi connectivity index (χ1n) is 8.99. The fourth-order valence-electron chi connectivity index (χ4n) is 3.31.